The van der Waals surface area contributed by atoms with Crippen molar-refractivity contribution in [2.75, 3.05) is 13.2 Å². The van der Waals surface area contributed by atoms with E-state index in [9.17, 15) is 9.59 Å². The van der Waals surface area contributed by atoms with Crippen molar-refractivity contribution in [3.63, 3.8) is 0 Å². The van der Waals surface area contributed by atoms with Crippen molar-refractivity contribution in [3.05, 3.63) is 71.5 Å². The molecule has 2 fully saturated rings. The van der Waals surface area contributed by atoms with E-state index in [1.165, 1.54) is 0 Å². The van der Waals surface area contributed by atoms with Gasteiger partial charge in [-0.2, -0.15) is 0 Å². The van der Waals surface area contributed by atoms with Gasteiger partial charge >= 0.3 is 0 Å². The van der Waals surface area contributed by atoms with Gasteiger partial charge in [0.15, 0.2) is 23.3 Å². The van der Waals surface area contributed by atoms with Crippen LogP contribution in [0, 0.1) is 11.8 Å². The average Bonchev–Trinajstić information content (AvgIpc) is 3.38. The molecule has 0 saturated carbocycles. The molecule has 0 aromatic heterocycles. The molecular weight excluding hydrogens is 468 g/mol. The van der Waals surface area contributed by atoms with Crippen LogP contribution in [0.15, 0.2) is 71.5 Å². The molecule has 2 atom stereocenters. The van der Waals surface area contributed by atoms with Crippen LogP contribution in [-0.2, 0) is 36.1 Å². The van der Waals surface area contributed by atoms with Gasteiger partial charge in [0.1, 0.15) is 13.2 Å². The molecule has 1 radical (unpaired) electrons. The summed E-state index contributed by atoms with van der Waals surface area (Å²) < 4.78 is 11.1. The summed E-state index contributed by atoms with van der Waals surface area (Å²) >= 11 is 0. The first kappa shape index (κ1) is 26.7. The zero-order valence-electron chi connectivity index (χ0n) is 19.7. The Kier molecular flexibility index (Phi) is 10.3. The third kappa shape index (κ3) is 7.79. The van der Waals surface area contributed by atoms with E-state index < -0.39 is 0 Å². The van der Waals surface area contributed by atoms with Crippen LogP contribution in [0.3, 0.4) is 0 Å². The third-order valence-electron chi connectivity index (χ3n) is 5.30. The predicted molar refractivity (Wildman–Crippen MR) is 125 cm³/mol. The van der Waals surface area contributed by atoms with Crippen LogP contribution in [0.5, 0.6) is 0 Å². The Morgan fingerprint density at radius 1 is 0.727 bits per heavy atom. The zero-order chi connectivity index (χ0) is 23.1. The van der Waals surface area contributed by atoms with Crippen molar-refractivity contribution in [1.29, 1.82) is 0 Å². The summed E-state index contributed by atoms with van der Waals surface area (Å²) in [6, 6.07) is 0.657. The normalized spacial score (nSPS) is 27.6. The number of carbonyl (C=O) groups excluding carboxylic acids is 2. The molecule has 0 bridgehead atoms. The van der Waals surface area contributed by atoms with Crippen LogP contribution in [0.1, 0.15) is 40.5 Å². The van der Waals surface area contributed by atoms with Crippen molar-refractivity contribution < 1.29 is 36.1 Å². The molecule has 0 amide bonds. The fourth-order valence-corrected chi connectivity index (χ4v) is 3.92. The van der Waals surface area contributed by atoms with Crippen LogP contribution in [0.2, 0.25) is 0 Å². The summed E-state index contributed by atoms with van der Waals surface area (Å²) in [5.41, 5.74) is 1.27. The third-order valence-corrected chi connectivity index (χ3v) is 5.30. The molecule has 0 aromatic rings. The molecule has 6 nitrogen and oxygen atoms in total. The molecule has 2 N–H and O–H groups in total. The minimum atomic E-state index is 0. The van der Waals surface area contributed by atoms with Crippen LogP contribution in [-0.4, -0.2) is 36.9 Å². The SMILES string of the molecule is CC(C)CC1COC(=C2C=CC=CC2=O)N1.CC(C)CC1COC(=C2C=CC=CC2=O)N1.[Cu]. The van der Waals surface area contributed by atoms with E-state index >= 15 is 0 Å². The predicted octanol–water partition coefficient (Wildman–Crippen LogP) is 3.85. The number of rotatable bonds is 4. The molecule has 4 rings (SSSR count). The van der Waals surface area contributed by atoms with Gasteiger partial charge in [-0.25, -0.2) is 0 Å². The van der Waals surface area contributed by atoms with E-state index in [2.05, 4.69) is 38.3 Å². The molecule has 2 saturated heterocycles. The molecule has 2 aliphatic carbocycles. The van der Waals surface area contributed by atoms with Gasteiger partial charge in [0.25, 0.3) is 0 Å². The molecule has 7 heteroatoms. The monoisotopic (exact) mass is 501 g/mol. The number of carbonyl (C=O) groups is 2. The van der Waals surface area contributed by atoms with Crippen LogP contribution < -0.4 is 10.6 Å². The molecule has 33 heavy (non-hydrogen) atoms. The Hall–Kier alpha value is -2.50. The molecule has 2 aliphatic heterocycles. The average molecular weight is 502 g/mol. The second-order valence-corrected chi connectivity index (χ2v) is 9.21. The standard InChI is InChI=1S/2C13H17NO2.Cu/c2*1-9(2)7-10-8-16-13(14-10)11-5-3-4-6-12(11)15;/h2*3-6,9-10,14H,7-8H2,1-2H3;. The van der Waals surface area contributed by atoms with Gasteiger partial charge in [0, 0.05) is 17.1 Å². The van der Waals surface area contributed by atoms with E-state index in [-0.39, 0.29) is 28.6 Å². The summed E-state index contributed by atoms with van der Waals surface area (Å²) in [7, 11) is 0. The number of nitrogens with one attached hydrogen (secondary N) is 2. The topological polar surface area (TPSA) is 76.7 Å². The first-order chi connectivity index (χ1) is 15.3. The molecule has 4 aliphatic rings. The molecule has 2 unspecified atom stereocenters. The van der Waals surface area contributed by atoms with Gasteiger partial charge < -0.3 is 20.1 Å². The van der Waals surface area contributed by atoms with Gasteiger partial charge in [-0.05, 0) is 49.0 Å². The number of hydrogen-bond acceptors (Lipinski definition) is 6. The van der Waals surface area contributed by atoms with Crippen LogP contribution in [0.4, 0.5) is 0 Å². The van der Waals surface area contributed by atoms with Crippen molar-refractivity contribution in [2.45, 2.75) is 52.6 Å². The van der Waals surface area contributed by atoms with Crippen LogP contribution >= 0.6 is 0 Å². The first-order valence-electron chi connectivity index (χ1n) is 11.4. The summed E-state index contributed by atoms with van der Waals surface area (Å²) in [5.74, 6) is 2.55. The minimum absolute atomic E-state index is 0. The van der Waals surface area contributed by atoms with Crippen molar-refractivity contribution >= 4 is 11.6 Å². The maximum atomic E-state index is 11.6. The summed E-state index contributed by atoms with van der Waals surface area (Å²) in [6.07, 6.45) is 16.0. The second kappa shape index (κ2) is 12.7. The summed E-state index contributed by atoms with van der Waals surface area (Å²) in [4.78, 5) is 23.2. The largest absolute Gasteiger partial charge is 0.476 e. The van der Waals surface area contributed by atoms with Gasteiger partial charge in [-0.15, -0.1) is 0 Å². The fraction of sp³-hybridized carbons (Fsp3) is 0.462. The van der Waals surface area contributed by atoms with Crippen LogP contribution in [0.25, 0.3) is 0 Å². The molecule has 2 heterocycles. The smallest absolute Gasteiger partial charge is 0.198 e. The van der Waals surface area contributed by atoms with E-state index in [4.69, 9.17) is 9.47 Å². The van der Waals surface area contributed by atoms with Gasteiger partial charge in [-0.3, -0.25) is 9.59 Å². The Morgan fingerprint density at radius 3 is 1.42 bits per heavy atom. The van der Waals surface area contributed by atoms with Gasteiger partial charge in [0.05, 0.1) is 23.2 Å². The molecule has 0 aromatic carbocycles. The summed E-state index contributed by atoms with van der Waals surface area (Å²) in [6.45, 7) is 10.0. The first-order valence-corrected chi connectivity index (χ1v) is 11.4. The Bertz CT molecular complexity index is 835. The molecule has 0 spiro atoms. The maximum absolute atomic E-state index is 11.6. The summed E-state index contributed by atoms with van der Waals surface area (Å²) in [5, 5.41) is 6.55. The Morgan fingerprint density at radius 2 is 1.09 bits per heavy atom. The number of ether oxygens (including phenoxy) is 2. The van der Waals surface area contributed by atoms with E-state index in [1.54, 1.807) is 36.5 Å². The minimum Gasteiger partial charge on any atom is -0.476 e. The van der Waals surface area contributed by atoms with Crippen molar-refractivity contribution in [1.82, 2.24) is 10.6 Å². The van der Waals surface area contributed by atoms with Crippen molar-refractivity contribution in [2.24, 2.45) is 11.8 Å². The van der Waals surface area contributed by atoms with Crippen molar-refractivity contribution in [3.8, 4) is 0 Å². The number of allylic oxidation sites excluding steroid dienone is 10. The van der Waals surface area contributed by atoms with Gasteiger partial charge in [-0.1, -0.05) is 52.0 Å². The Balaban J connectivity index is 0.000000227. The second-order valence-electron chi connectivity index (χ2n) is 9.21. The quantitative estimate of drug-likeness (QED) is 0.450. The van der Waals surface area contributed by atoms with E-state index in [0.29, 0.717) is 60.0 Å². The number of ketones is 2. The van der Waals surface area contributed by atoms with E-state index in [0.717, 1.165) is 12.8 Å². The maximum Gasteiger partial charge on any atom is 0.198 e. The van der Waals surface area contributed by atoms with Gasteiger partial charge in [0.2, 0.25) is 0 Å². The fourth-order valence-electron chi connectivity index (χ4n) is 3.92. The zero-order valence-corrected chi connectivity index (χ0v) is 20.6. The molecule has 183 valence electrons. The number of hydrogen-bond donors (Lipinski definition) is 2. The Labute approximate surface area is 207 Å². The molecular formula is C26H34CuN2O4. The van der Waals surface area contributed by atoms with E-state index in [1.807, 2.05) is 12.2 Å².